The van der Waals surface area contributed by atoms with Crippen LogP contribution >= 0.6 is 12.2 Å². The second-order valence-electron chi connectivity index (χ2n) is 14.6. The number of hydrogen-bond donors (Lipinski definition) is 0. The molecule has 1 unspecified atom stereocenters. The first-order valence-corrected chi connectivity index (χ1v) is 17.7. The molecular weight excluding hydrogens is 673 g/mol. The van der Waals surface area contributed by atoms with Gasteiger partial charge in [-0.3, -0.25) is 14.4 Å². The highest BCUT2D eigenvalue weighted by Gasteiger charge is 2.57. The molecular formula is C35H43F3N6O5S. The fourth-order valence-electron chi connectivity index (χ4n) is 8.96. The molecule has 0 radical (unpaired) electrons. The number of thiocarbonyl (C=S) groups is 1. The predicted molar refractivity (Wildman–Crippen MR) is 178 cm³/mol. The molecule has 0 spiro atoms. The number of benzene rings is 1. The molecule has 0 N–H and O–H groups in total. The number of nitriles is 1. The molecule has 7 rings (SSSR count). The number of nitrogens with zero attached hydrogens (tertiary/aromatic N) is 6. The molecule has 1 aliphatic heterocycles. The first kappa shape index (κ1) is 36.2. The summed E-state index contributed by atoms with van der Waals surface area (Å²) in [5.41, 5.74) is -2.32. The van der Waals surface area contributed by atoms with Crippen molar-refractivity contribution in [3.8, 4) is 6.07 Å². The van der Waals surface area contributed by atoms with Crippen LogP contribution in [0.1, 0.15) is 82.5 Å². The lowest BCUT2D eigenvalue weighted by atomic mass is 9.48. The fourth-order valence-corrected chi connectivity index (χ4v) is 9.47. The molecule has 15 heteroatoms. The summed E-state index contributed by atoms with van der Waals surface area (Å²) in [5, 5.41) is 17.6. The van der Waals surface area contributed by atoms with E-state index in [4.69, 9.17) is 31.7 Å². The van der Waals surface area contributed by atoms with E-state index in [1.165, 1.54) is 25.3 Å². The van der Waals surface area contributed by atoms with Gasteiger partial charge < -0.3 is 19.1 Å². The Bertz CT molecular complexity index is 1620. The number of carbonyl (C=O) groups is 2. The van der Waals surface area contributed by atoms with Crippen LogP contribution in [0.3, 0.4) is 0 Å². The number of aryl methyl sites for hydroxylation is 1. The number of rotatable bonds is 14. The SMILES string of the molecule is CCOC(=O)C(OCCOCc1cn(CCCN2C(=S)N(c3ccc(C#N)c(C(F)(F)F)c3)C(=O)C2(C)C)nn1)C12CC3CC(CC(C3)C1)C2. The van der Waals surface area contributed by atoms with E-state index in [0.717, 1.165) is 36.3 Å². The Hall–Kier alpha value is -3.61. The van der Waals surface area contributed by atoms with Crippen LogP contribution in [0.25, 0.3) is 0 Å². The highest BCUT2D eigenvalue weighted by molar-refractivity contribution is 7.80. The first-order valence-electron chi connectivity index (χ1n) is 17.3. The van der Waals surface area contributed by atoms with E-state index in [9.17, 15) is 22.8 Å². The molecule has 5 fully saturated rings. The molecule has 2 heterocycles. The Kier molecular flexibility index (Phi) is 10.3. The number of esters is 1. The Balaban J connectivity index is 0.983. The maximum absolute atomic E-state index is 13.6. The standard InChI is InChI=1S/C35H43F3N6O5S/c1-4-48-30(45)29(34-16-22-12-23(17-34)14-24(13-22)18-34)49-11-10-47-21-26-20-42(41-40-26)8-5-9-43-32(50)44(31(46)33(43,2)3)27-7-6-25(19-39)28(15-27)35(36,37)38/h6-7,15,20,22-24,29H,4-5,8-14,16-18,21H2,1-3H3. The van der Waals surface area contributed by atoms with Crippen LogP contribution in [0.15, 0.2) is 24.4 Å². The van der Waals surface area contributed by atoms with Gasteiger partial charge in [-0.05, 0) is 114 Å². The van der Waals surface area contributed by atoms with E-state index in [-0.39, 0.29) is 42.0 Å². The minimum absolute atomic E-state index is 0.0441. The molecule has 1 aromatic carbocycles. The van der Waals surface area contributed by atoms with Crippen molar-refractivity contribution in [3.05, 3.63) is 41.2 Å². The van der Waals surface area contributed by atoms with Crippen molar-refractivity contribution in [1.82, 2.24) is 19.9 Å². The van der Waals surface area contributed by atoms with Crippen LogP contribution in [0.5, 0.6) is 0 Å². The van der Waals surface area contributed by atoms with Gasteiger partial charge in [0, 0.05) is 18.5 Å². The molecule has 1 aromatic heterocycles. The highest BCUT2D eigenvalue weighted by Crippen LogP contribution is 2.62. The third-order valence-corrected chi connectivity index (χ3v) is 11.2. The smallest absolute Gasteiger partial charge is 0.417 e. The van der Waals surface area contributed by atoms with Crippen LogP contribution in [-0.4, -0.2) is 74.9 Å². The van der Waals surface area contributed by atoms with Gasteiger partial charge in [0.2, 0.25) is 0 Å². The van der Waals surface area contributed by atoms with Gasteiger partial charge in [0.25, 0.3) is 5.91 Å². The summed E-state index contributed by atoms with van der Waals surface area (Å²) in [5.74, 6) is 1.31. The zero-order valence-corrected chi connectivity index (χ0v) is 29.4. The summed E-state index contributed by atoms with van der Waals surface area (Å²) in [4.78, 5) is 29.2. The van der Waals surface area contributed by atoms with Crippen molar-refractivity contribution in [3.63, 3.8) is 0 Å². The van der Waals surface area contributed by atoms with E-state index < -0.39 is 34.9 Å². The van der Waals surface area contributed by atoms with Crippen molar-refractivity contribution in [2.75, 3.05) is 31.3 Å². The number of aromatic nitrogens is 3. The average Bonchev–Trinajstić information content (AvgIpc) is 3.56. The molecule has 2 aromatic rings. The number of hydrogen-bond acceptors (Lipinski definition) is 9. The Labute approximate surface area is 295 Å². The second kappa shape index (κ2) is 14.2. The largest absolute Gasteiger partial charge is 0.464 e. The lowest BCUT2D eigenvalue weighted by molar-refractivity contribution is -0.187. The lowest BCUT2D eigenvalue weighted by Crippen LogP contribution is -2.55. The van der Waals surface area contributed by atoms with Gasteiger partial charge in [0.1, 0.15) is 11.2 Å². The Morgan fingerprint density at radius 3 is 2.42 bits per heavy atom. The fraction of sp³-hybridized carbons (Fsp3) is 0.657. The van der Waals surface area contributed by atoms with Crippen molar-refractivity contribution < 1.29 is 37.0 Å². The van der Waals surface area contributed by atoms with Gasteiger partial charge in [0.05, 0.1) is 55.5 Å². The third-order valence-electron chi connectivity index (χ3n) is 10.8. The zero-order valence-electron chi connectivity index (χ0n) is 28.6. The maximum Gasteiger partial charge on any atom is 0.417 e. The number of ether oxygens (including phenoxy) is 3. The molecule has 4 saturated carbocycles. The molecule has 5 aliphatic rings. The number of anilines is 1. The van der Waals surface area contributed by atoms with Gasteiger partial charge in [-0.1, -0.05) is 5.21 Å². The van der Waals surface area contributed by atoms with E-state index in [0.29, 0.717) is 49.6 Å². The van der Waals surface area contributed by atoms with Gasteiger partial charge in [-0.25, -0.2) is 4.79 Å². The topological polar surface area (TPSA) is 123 Å². The highest BCUT2D eigenvalue weighted by atomic mass is 32.1. The van der Waals surface area contributed by atoms with Crippen molar-refractivity contribution in [2.45, 2.75) is 96.7 Å². The van der Waals surface area contributed by atoms with Crippen LogP contribution < -0.4 is 4.90 Å². The van der Waals surface area contributed by atoms with E-state index >= 15 is 0 Å². The molecule has 50 heavy (non-hydrogen) atoms. The zero-order chi connectivity index (χ0) is 35.8. The van der Waals surface area contributed by atoms with Crippen molar-refractivity contribution in [2.24, 2.45) is 23.2 Å². The van der Waals surface area contributed by atoms with Crippen LogP contribution in [0.2, 0.25) is 0 Å². The lowest BCUT2D eigenvalue weighted by Gasteiger charge is -2.58. The van der Waals surface area contributed by atoms with Gasteiger partial charge in [0.15, 0.2) is 11.2 Å². The summed E-state index contributed by atoms with van der Waals surface area (Å²) in [6, 6.07) is 4.68. The summed E-state index contributed by atoms with van der Waals surface area (Å²) in [6.45, 7) is 7.02. The quantitative estimate of drug-likeness (QED) is 0.138. The van der Waals surface area contributed by atoms with Crippen LogP contribution in [0.4, 0.5) is 18.9 Å². The molecule has 1 saturated heterocycles. The number of carbonyl (C=O) groups excluding carboxylic acids is 2. The van der Waals surface area contributed by atoms with Gasteiger partial charge in [-0.2, -0.15) is 18.4 Å². The summed E-state index contributed by atoms with van der Waals surface area (Å²) in [7, 11) is 0. The molecule has 270 valence electrons. The third kappa shape index (κ3) is 7.11. The molecule has 1 atom stereocenters. The summed E-state index contributed by atoms with van der Waals surface area (Å²) in [6.07, 6.45) is 3.85. The second-order valence-corrected chi connectivity index (χ2v) is 15.0. The van der Waals surface area contributed by atoms with E-state index in [1.807, 2.05) is 6.92 Å². The van der Waals surface area contributed by atoms with Crippen molar-refractivity contribution in [1.29, 1.82) is 5.26 Å². The molecule has 1 amide bonds. The van der Waals surface area contributed by atoms with Crippen LogP contribution in [0, 0.1) is 34.5 Å². The van der Waals surface area contributed by atoms with Crippen LogP contribution in [-0.2, 0) is 43.1 Å². The number of amides is 1. The number of alkyl halides is 3. The Morgan fingerprint density at radius 1 is 1.12 bits per heavy atom. The molecule has 11 nitrogen and oxygen atoms in total. The minimum atomic E-state index is -4.77. The van der Waals surface area contributed by atoms with E-state index in [2.05, 4.69) is 10.3 Å². The van der Waals surface area contributed by atoms with E-state index in [1.54, 1.807) is 35.7 Å². The predicted octanol–water partition coefficient (Wildman–Crippen LogP) is 5.65. The van der Waals surface area contributed by atoms with Gasteiger partial charge >= 0.3 is 12.1 Å². The monoisotopic (exact) mass is 716 g/mol. The minimum Gasteiger partial charge on any atom is -0.464 e. The number of halogens is 3. The summed E-state index contributed by atoms with van der Waals surface area (Å²) < 4.78 is 60.0. The first-order chi connectivity index (χ1) is 23.8. The maximum atomic E-state index is 13.6. The summed E-state index contributed by atoms with van der Waals surface area (Å²) >= 11 is 5.58. The van der Waals surface area contributed by atoms with Crippen molar-refractivity contribution >= 4 is 34.9 Å². The normalized spacial score (nSPS) is 26.1. The molecule has 4 aliphatic carbocycles. The van der Waals surface area contributed by atoms with Gasteiger partial charge in [-0.15, -0.1) is 5.10 Å². The Morgan fingerprint density at radius 2 is 1.80 bits per heavy atom. The molecule has 4 bridgehead atoms. The average molecular weight is 717 g/mol.